The largest absolute Gasteiger partial charge is 0.756 e. The van der Waals surface area contributed by atoms with Gasteiger partial charge in [-0.2, -0.15) is 0 Å². The molecule has 0 radical (unpaired) electrons. The topological polar surface area (TPSA) is 136 Å². The first-order valence-electron chi connectivity index (χ1n) is 3.98. The Morgan fingerprint density at radius 2 is 1.94 bits per heavy atom. The fourth-order valence-corrected chi connectivity index (χ4v) is 2.54. The van der Waals surface area contributed by atoms with Gasteiger partial charge in [-0.15, -0.1) is 0 Å². The van der Waals surface area contributed by atoms with Crippen LogP contribution in [0.1, 0.15) is 13.3 Å². The van der Waals surface area contributed by atoms with Crippen molar-refractivity contribution in [3.8, 4) is 0 Å². The van der Waals surface area contributed by atoms with Crippen LogP contribution in [-0.4, -0.2) is 31.5 Å². The summed E-state index contributed by atoms with van der Waals surface area (Å²) in [5, 5.41) is 9.49. The molecular weight excluding hydrogens is 377 g/mol. The summed E-state index contributed by atoms with van der Waals surface area (Å²) in [7, 11) is -10.2. The molecule has 0 aliphatic rings. The van der Waals surface area contributed by atoms with Crippen LogP contribution in [-0.2, 0) is 18.0 Å². The summed E-state index contributed by atoms with van der Waals surface area (Å²) in [4.78, 5) is 27.2. The molecule has 0 rings (SSSR count). The van der Waals surface area contributed by atoms with Crippen LogP contribution >= 0.6 is 38.2 Å². The number of aliphatic hydroxyl groups is 1. The van der Waals surface area contributed by atoms with Crippen LogP contribution in [0.15, 0.2) is 0 Å². The molecule has 0 aromatic heterocycles. The number of hydrogen-bond donors (Lipinski definition) is 3. The first-order chi connectivity index (χ1) is 6.97. The molecule has 0 heterocycles. The average Bonchev–Trinajstić information content (AvgIpc) is 1.98. The lowest BCUT2D eigenvalue weighted by atomic mass is 10.1. The Bertz CT molecular complexity index is 312. The van der Waals surface area contributed by atoms with Crippen molar-refractivity contribution in [2.45, 2.75) is 18.9 Å². The normalized spacial score (nSPS) is 23.1. The maximum Gasteiger partial charge on any atom is 0.478 e. The Labute approximate surface area is 106 Å². The van der Waals surface area contributed by atoms with Gasteiger partial charge in [-0.05, 0) is 6.92 Å². The summed E-state index contributed by atoms with van der Waals surface area (Å²) in [6.07, 6.45) is 0.0123. The van der Waals surface area contributed by atoms with Gasteiger partial charge in [-0.3, -0.25) is 9.09 Å². The molecule has 0 spiro atoms. The number of phosphoric acid groups is 2. The first-order valence-corrected chi connectivity index (χ1v) is 8.50. The fraction of sp³-hybridized carbons (Fsp3) is 1.00. The van der Waals surface area contributed by atoms with E-state index in [9.17, 15) is 19.1 Å². The molecule has 0 bridgehead atoms. The quantitative estimate of drug-likeness (QED) is 0.318. The van der Waals surface area contributed by atoms with Gasteiger partial charge in [-0.1, -0.05) is 22.6 Å². The van der Waals surface area contributed by atoms with E-state index in [0.717, 1.165) is 0 Å². The lowest BCUT2D eigenvalue weighted by molar-refractivity contribution is -0.212. The van der Waals surface area contributed by atoms with Gasteiger partial charge in [0.1, 0.15) is 0 Å². The molecule has 98 valence electrons. The minimum Gasteiger partial charge on any atom is -0.756 e. The van der Waals surface area contributed by atoms with E-state index in [0.29, 0.717) is 4.43 Å². The third-order valence-corrected chi connectivity index (χ3v) is 5.19. The molecule has 11 heteroatoms. The Morgan fingerprint density at radius 1 is 1.44 bits per heavy atom. The van der Waals surface area contributed by atoms with E-state index in [2.05, 4.69) is 8.83 Å². The van der Waals surface area contributed by atoms with Gasteiger partial charge in [0.2, 0.25) is 0 Å². The fourth-order valence-electron chi connectivity index (χ4n) is 0.602. The molecule has 0 aliphatic heterocycles. The zero-order valence-electron chi connectivity index (χ0n) is 8.28. The van der Waals surface area contributed by atoms with E-state index in [1.807, 2.05) is 22.6 Å². The summed E-state index contributed by atoms with van der Waals surface area (Å²) in [5.74, 6) is 0. The van der Waals surface area contributed by atoms with Crippen LogP contribution in [0.3, 0.4) is 0 Å². The SMILES string of the molecule is CC(O)(CI)CCOP(=O)(O)OP(=O)([O-])O. The van der Waals surface area contributed by atoms with E-state index in [1.165, 1.54) is 6.92 Å². The van der Waals surface area contributed by atoms with Gasteiger partial charge in [0.15, 0.2) is 0 Å². The summed E-state index contributed by atoms with van der Waals surface area (Å²) < 4.78 is 29.1. The maximum absolute atomic E-state index is 10.9. The zero-order chi connectivity index (χ0) is 13.0. The predicted molar refractivity (Wildman–Crippen MR) is 60.8 cm³/mol. The number of halogens is 1. The highest BCUT2D eigenvalue weighted by molar-refractivity contribution is 14.1. The second-order valence-corrected chi connectivity index (χ2v) is 6.78. The van der Waals surface area contributed by atoms with Crippen molar-refractivity contribution >= 4 is 38.2 Å². The molecule has 3 N–H and O–H groups in total. The molecule has 0 fully saturated rings. The van der Waals surface area contributed by atoms with Crippen LogP contribution in [0.4, 0.5) is 0 Å². The zero-order valence-corrected chi connectivity index (χ0v) is 12.2. The Kier molecular flexibility index (Phi) is 6.58. The van der Waals surface area contributed by atoms with Crippen molar-refractivity contribution in [2.24, 2.45) is 0 Å². The van der Waals surface area contributed by atoms with Gasteiger partial charge in [0.05, 0.1) is 12.2 Å². The van der Waals surface area contributed by atoms with Gasteiger partial charge in [0.25, 0.3) is 7.82 Å². The smallest absolute Gasteiger partial charge is 0.478 e. The Morgan fingerprint density at radius 3 is 2.31 bits per heavy atom. The Balaban J connectivity index is 4.11. The third kappa shape index (κ3) is 9.03. The lowest BCUT2D eigenvalue weighted by Gasteiger charge is -2.22. The number of hydrogen-bond acceptors (Lipinski definition) is 6. The molecule has 16 heavy (non-hydrogen) atoms. The molecule has 3 unspecified atom stereocenters. The minimum atomic E-state index is -5.33. The Hall–Kier alpha value is 0.950. The lowest BCUT2D eigenvalue weighted by Crippen LogP contribution is -2.27. The molecule has 8 nitrogen and oxygen atoms in total. The van der Waals surface area contributed by atoms with Gasteiger partial charge >= 0.3 is 7.82 Å². The summed E-state index contributed by atoms with van der Waals surface area (Å²) in [6, 6.07) is 0. The second kappa shape index (κ2) is 6.21. The van der Waals surface area contributed by atoms with Crippen molar-refractivity contribution in [3.63, 3.8) is 0 Å². The standard InChI is InChI=1S/C5H13IO8P2/c1-5(7,4-6)2-3-13-16(11,12)14-15(8,9)10/h7H,2-4H2,1H3,(H,11,12)(H2,8,9,10)/p-1. The van der Waals surface area contributed by atoms with Crippen molar-refractivity contribution < 1.29 is 37.8 Å². The van der Waals surface area contributed by atoms with E-state index in [-0.39, 0.29) is 13.0 Å². The van der Waals surface area contributed by atoms with Crippen LogP contribution in [0.5, 0.6) is 0 Å². The van der Waals surface area contributed by atoms with Crippen molar-refractivity contribution in [1.82, 2.24) is 0 Å². The first kappa shape index (κ1) is 16.9. The average molecular weight is 389 g/mol. The number of alkyl halides is 1. The summed E-state index contributed by atoms with van der Waals surface area (Å²) in [6.45, 7) is 1.10. The second-order valence-electron chi connectivity index (χ2n) is 3.23. The van der Waals surface area contributed by atoms with Gasteiger partial charge in [0, 0.05) is 10.8 Å². The molecule has 3 atom stereocenters. The highest BCUT2D eigenvalue weighted by atomic mass is 127. The van der Waals surface area contributed by atoms with E-state index in [1.54, 1.807) is 0 Å². The van der Waals surface area contributed by atoms with E-state index >= 15 is 0 Å². The molecule has 0 saturated heterocycles. The molecule has 0 aliphatic carbocycles. The van der Waals surface area contributed by atoms with Crippen molar-refractivity contribution in [3.05, 3.63) is 0 Å². The molecule has 0 aromatic rings. The van der Waals surface area contributed by atoms with Crippen LogP contribution in [0.2, 0.25) is 0 Å². The van der Waals surface area contributed by atoms with E-state index < -0.39 is 21.2 Å². The minimum absolute atomic E-state index is 0.0123. The maximum atomic E-state index is 10.9. The van der Waals surface area contributed by atoms with Crippen molar-refractivity contribution in [1.29, 1.82) is 0 Å². The monoisotopic (exact) mass is 389 g/mol. The number of rotatable bonds is 7. The molecule has 0 saturated carbocycles. The highest BCUT2D eigenvalue weighted by Gasteiger charge is 2.28. The van der Waals surface area contributed by atoms with Gasteiger partial charge < -0.3 is 19.8 Å². The van der Waals surface area contributed by atoms with Crippen LogP contribution in [0.25, 0.3) is 0 Å². The molecular formula is C5H12IO8P2-. The van der Waals surface area contributed by atoms with Crippen LogP contribution in [0, 0.1) is 0 Å². The third-order valence-electron chi connectivity index (χ3n) is 1.39. The molecule has 0 aromatic carbocycles. The summed E-state index contributed by atoms with van der Waals surface area (Å²) in [5.41, 5.74) is -1.10. The van der Waals surface area contributed by atoms with Crippen molar-refractivity contribution in [2.75, 3.05) is 11.0 Å². The predicted octanol–water partition coefficient (Wildman–Crippen LogP) is 0.157. The van der Waals surface area contributed by atoms with E-state index in [4.69, 9.17) is 9.79 Å². The van der Waals surface area contributed by atoms with Gasteiger partial charge in [-0.25, -0.2) is 8.88 Å². The highest BCUT2D eigenvalue weighted by Crippen LogP contribution is 2.55. The number of phosphoric ester groups is 1. The van der Waals surface area contributed by atoms with Crippen LogP contribution < -0.4 is 4.89 Å². The summed E-state index contributed by atoms with van der Waals surface area (Å²) >= 11 is 1.91. The molecule has 0 amide bonds.